The molecule has 21 heavy (non-hydrogen) atoms. The van der Waals surface area contributed by atoms with Gasteiger partial charge in [0.2, 0.25) is 5.91 Å². The summed E-state index contributed by atoms with van der Waals surface area (Å²) in [7, 11) is 0. The van der Waals surface area contributed by atoms with Gasteiger partial charge in [0.05, 0.1) is 18.8 Å². The van der Waals surface area contributed by atoms with Crippen molar-refractivity contribution < 1.29 is 9.53 Å². The minimum absolute atomic E-state index is 0.0350. The lowest BCUT2D eigenvalue weighted by Gasteiger charge is -2.24. The van der Waals surface area contributed by atoms with Gasteiger partial charge in [-0.05, 0) is 38.0 Å². The second kappa shape index (κ2) is 7.59. The van der Waals surface area contributed by atoms with Crippen molar-refractivity contribution in [1.82, 2.24) is 10.6 Å². The number of carbonyl (C=O) groups is 1. The van der Waals surface area contributed by atoms with Gasteiger partial charge < -0.3 is 15.4 Å². The van der Waals surface area contributed by atoms with Crippen molar-refractivity contribution in [3.63, 3.8) is 0 Å². The van der Waals surface area contributed by atoms with Crippen molar-refractivity contribution in [3.05, 3.63) is 0 Å². The number of carbonyl (C=O) groups excluding carboxylic acids is 1. The lowest BCUT2D eigenvalue weighted by Crippen LogP contribution is -2.44. The summed E-state index contributed by atoms with van der Waals surface area (Å²) < 4.78 is 5.86. The van der Waals surface area contributed by atoms with Gasteiger partial charge in [-0.15, -0.1) is 0 Å². The lowest BCUT2D eigenvalue weighted by atomic mass is 9.85. The summed E-state index contributed by atoms with van der Waals surface area (Å²) in [6.07, 6.45) is 13.0. The van der Waals surface area contributed by atoms with E-state index in [9.17, 15) is 4.79 Å². The minimum Gasteiger partial charge on any atom is -0.376 e. The maximum absolute atomic E-state index is 12.2. The molecule has 0 aromatic rings. The van der Waals surface area contributed by atoms with Gasteiger partial charge in [-0.3, -0.25) is 4.79 Å². The molecule has 1 heterocycles. The Balaban J connectivity index is 1.31. The van der Waals surface area contributed by atoms with Crippen LogP contribution in [-0.2, 0) is 9.53 Å². The van der Waals surface area contributed by atoms with Crippen LogP contribution in [0.1, 0.15) is 64.2 Å². The van der Waals surface area contributed by atoms with Gasteiger partial charge in [-0.2, -0.15) is 0 Å². The van der Waals surface area contributed by atoms with Gasteiger partial charge in [-0.25, -0.2) is 0 Å². The van der Waals surface area contributed by atoms with Crippen LogP contribution >= 0.6 is 0 Å². The smallest absolute Gasteiger partial charge is 0.237 e. The highest BCUT2D eigenvalue weighted by Gasteiger charge is 2.37. The molecule has 2 aliphatic carbocycles. The molecule has 3 rings (SSSR count). The molecule has 0 radical (unpaired) electrons. The summed E-state index contributed by atoms with van der Waals surface area (Å²) >= 11 is 0. The summed E-state index contributed by atoms with van der Waals surface area (Å²) in [5, 5.41) is 6.58. The quantitative estimate of drug-likeness (QED) is 0.765. The number of nitrogens with one attached hydrogen (secondary N) is 2. The molecule has 0 aromatic carbocycles. The van der Waals surface area contributed by atoms with E-state index in [0.29, 0.717) is 25.3 Å². The number of ether oxygens (including phenoxy) is 1. The largest absolute Gasteiger partial charge is 0.376 e. The number of fused-ring (bicyclic) bond motifs is 1. The minimum atomic E-state index is 0.0350. The van der Waals surface area contributed by atoms with Crippen LogP contribution in [0.3, 0.4) is 0 Å². The van der Waals surface area contributed by atoms with Crippen molar-refractivity contribution in [2.24, 2.45) is 5.92 Å². The molecule has 4 heteroatoms. The molecule has 0 spiro atoms. The number of rotatable bonds is 5. The van der Waals surface area contributed by atoms with E-state index in [1.165, 1.54) is 57.8 Å². The molecule has 4 nitrogen and oxygen atoms in total. The van der Waals surface area contributed by atoms with Crippen LogP contribution in [0.2, 0.25) is 0 Å². The summed E-state index contributed by atoms with van der Waals surface area (Å²) in [5.74, 6) is 0.907. The molecule has 0 bridgehead atoms. The van der Waals surface area contributed by atoms with Crippen molar-refractivity contribution in [1.29, 1.82) is 0 Å². The maximum Gasteiger partial charge on any atom is 0.237 e. The Labute approximate surface area is 128 Å². The summed E-state index contributed by atoms with van der Waals surface area (Å²) in [5.41, 5.74) is 0. The fraction of sp³-hybridized carbons (Fsp3) is 0.941. The Kier molecular flexibility index (Phi) is 5.53. The second-order valence-electron chi connectivity index (χ2n) is 7.03. The first-order valence-electron chi connectivity index (χ1n) is 8.98. The van der Waals surface area contributed by atoms with E-state index in [1.807, 2.05) is 0 Å². The molecule has 1 amide bonds. The number of hydrogen-bond acceptors (Lipinski definition) is 3. The van der Waals surface area contributed by atoms with E-state index in [1.54, 1.807) is 0 Å². The number of amides is 1. The molecule has 3 aliphatic rings. The van der Waals surface area contributed by atoms with Gasteiger partial charge >= 0.3 is 0 Å². The SMILES string of the molecule is O=C(NCCOC1CCCCC1)C1CC2CCCCC2N1. The van der Waals surface area contributed by atoms with Crippen LogP contribution in [0.4, 0.5) is 0 Å². The first kappa shape index (κ1) is 15.3. The normalized spacial score (nSPS) is 33.6. The fourth-order valence-electron chi connectivity index (χ4n) is 4.28. The zero-order valence-corrected chi connectivity index (χ0v) is 13.1. The standard InChI is InChI=1S/C17H30N2O2/c20-17(16-12-13-6-4-5-9-15(13)19-16)18-10-11-21-14-7-2-1-3-8-14/h13-16,19H,1-12H2,(H,18,20). The predicted octanol–water partition coefficient (Wildman–Crippen LogP) is 2.37. The molecule has 1 aliphatic heterocycles. The van der Waals surface area contributed by atoms with Crippen LogP contribution in [-0.4, -0.2) is 37.2 Å². The van der Waals surface area contributed by atoms with Crippen molar-refractivity contribution in [2.75, 3.05) is 13.2 Å². The van der Waals surface area contributed by atoms with E-state index in [4.69, 9.17) is 4.74 Å². The third kappa shape index (κ3) is 4.19. The van der Waals surface area contributed by atoms with Gasteiger partial charge in [0.15, 0.2) is 0 Å². The third-order valence-corrected chi connectivity index (χ3v) is 5.49. The van der Waals surface area contributed by atoms with Crippen molar-refractivity contribution in [3.8, 4) is 0 Å². The van der Waals surface area contributed by atoms with Crippen molar-refractivity contribution >= 4 is 5.91 Å². The molecule has 0 aromatic heterocycles. The average molecular weight is 294 g/mol. The average Bonchev–Trinajstić information content (AvgIpc) is 2.96. The fourth-order valence-corrected chi connectivity index (χ4v) is 4.28. The molecule has 3 unspecified atom stereocenters. The Bertz CT molecular complexity index is 328. The molecule has 3 atom stereocenters. The molecule has 120 valence electrons. The summed E-state index contributed by atoms with van der Waals surface area (Å²) in [4.78, 5) is 12.2. The van der Waals surface area contributed by atoms with Crippen LogP contribution in [0.25, 0.3) is 0 Å². The van der Waals surface area contributed by atoms with E-state index in [-0.39, 0.29) is 11.9 Å². The highest BCUT2D eigenvalue weighted by molar-refractivity contribution is 5.82. The van der Waals surface area contributed by atoms with Gasteiger partial charge in [0.25, 0.3) is 0 Å². The Morgan fingerprint density at radius 3 is 2.62 bits per heavy atom. The van der Waals surface area contributed by atoms with Gasteiger partial charge in [0, 0.05) is 12.6 Å². The van der Waals surface area contributed by atoms with Crippen LogP contribution in [0.15, 0.2) is 0 Å². The molecular formula is C17H30N2O2. The summed E-state index contributed by atoms with van der Waals surface area (Å²) in [6.45, 7) is 1.32. The van der Waals surface area contributed by atoms with Crippen LogP contribution < -0.4 is 10.6 Å². The first-order chi connectivity index (χ1) is 10.3. The van der Waals surface area contributed by atoms with Crippen LogP contribution in [0.5, 0.6) is 0 Å². The van der Waals surface area contributed by atoms with E-state index in [0.717, 1.165) is 12.3 Å². The lowest BCUT2D eigenvalue weighted by molar-refractivity contribution is -0.123. The first-order valence-corrected chi connectivity index (χ1v) is 8.98. The van der Waals surface area contributed by atoms with E-state index < -0.39 is 0 Å². The predicted molar refractivity (Wildman–Crippen MR) is 83.1 cm³/mol. The Morgan fingerprint density at radius 2 is 1.81 bits per heavy atom. The van der Waals surface area contributed by atoms with E-state index >= 15 is 0 Å². The number of hydrogen-bond donors (Lipinski definition) is 2. The maximum atomic E-state index is 12.2. The molecule has 3 fully saturated rings. The molecular weight excluding hydrogens is 264 g/mol. The zero-order valence-electron chi connectivity index (χ0n) is 13.1. The summed E-state index contributed by atoms with van der Waals surface area (Å²) in [6, 6.07) is 0.626. The van der Waals surface area contributed by atoms with E-state index in [2.05, 4.69) is 10.6 Å². The van der Waals surface area contributed by atoms with Gasteiger partial charge in [0.1, 0.15) is 0 Å². The van der Waals surface area contributed by atoms with Crippen LogP contribution in [0, 0.1) is 5.92 Å². The Morgan fingerprint density at radius 1 is 1.05 bits per heavy atom. The Hall–Kier alpha value is -0.610. The molecule has 2 N–H and O–H groups in total. The van der Waals surface area contributed by atoms with Crippen molar-refractivity contribution in [2.45, 2.75) is 82.4 Å². The molecule has 1 saturated heterocycles. The highest BCUT2D eigenvalue weighted by atomic mass is 16.5. The monoisotopic (exact) mass is 294 g/mol. The third-order valence-electron chi connectivity index (χ3n) is 5.49. The highest BCUT2D eigenvalue weighted by Crippen LogP contribution is 2.33. The zero-order chi connectivity index (χ0) is 14.5. The van der Waals surface area contributed by atoms with Gasteiger partial charge in [-0.1, -0.05) is 32.1 Å². The topological polar surface area (TPSA) is 50.4 Å². The second-order valence-corrected chi connectivity index (χ2v) is 7.03. The molecule has 2 saturated carbocycles.